The number of rotatable bonds is 6. The average molecular weight is 205 g/mol. The van der Waals surface area contributed by atoms with Gasteiger partial charge in [0.05, 0.1) is 5.60 Å². The van der Waals surface area contributed by atoms with Gasteiger partial charge in [0.25, 0.3) is 0 Å². The van der Waals surface area contributed by atoms with E-state index >= 15 is 0 Å². The van der Waals surface area contributed by atoms with Gasteiger partial charge in [0, 0.05) is 12.0 Å². The van der Waals surface area contributed by atoms with Gasteiger partial charge >= 0.3 is 0 Å². The normalized spacial score (nSPS) is 20.2. The fourth-order valence-electron chi connectivity index (χ4n) is 1.21. The first-order valence-corrected chi connectivity index (χ1v) is 6.69. The molecule has 0 atom stereocenters. The molecule has 0 amide bonds. The predicted molar refractivity (Wildman–Crippen MR) is 52.0 cm³/mol. The third kappa shape index (κ3) is 5.26. The maximum Gasteiger partial charge on any atom is 0.147 e. The summed E-state index contributed by atoms with van der Waals surface area (Å²) < 4.78 is 21.5. The summed E-state index contributed by atoms with van der Waals surface area (Å²) in [6.07, 6.45) is 7.23. The molecule has 0 saturated heterocycles. The van der Waals surface area contributed by atoms with Gasteiger partial charge in [0.2, 0.25) is 0 Å². The first-order valence-electron chi connectivity index (χ1n) is 4.63. The van der Waals surface area contributed by atoms with Gasteiger partial charge in [-0.05, 0) is 38.5 Å². The van der Waals surface area contributed by atoms with Crippen LogP contribution in [0.15, 0.2) is 0 Å². The van der Waals surface area contributed by atoms with Crippen molar-refractivity contribution in [3.63, 3.8) is 0 Å². The van der Waals surface area contributed by atoms with Gasteiger partial charge in [-0.2, -0.15) is 0 Å². The molecular formula is C9H17O3S. The van der Waals surface area contributed by atoms with E-state index in [0.29, 0.717) is 6.42 Å². The Bertz CT molecular complexity index is 252. The summed E-state index contributed by atoms with van der Waals surface area (Å²) in [5.74, 6) is 0.252. The number of hydrogen-bond acceptors (Lipinski definition) is 3. The lowest BCUT2D eigenvalue weighted by molar-refractivity contribution is 0.148. The summed E-state index contributed by atoms with van der Waals surface area (Å²) in [6, 6.07) is 0. The zero-order valence-corrected chi connectivity index (χ0v) is 8.81. The summed E-state index contributed by atoms with van der Waals surface area (Å²) >= 11 is 0. The number of sulfone groups is 1. The number of aliphatic hydroxyl groups is 1. The lowest BCUT2D eigenvalue weighted by Gasteiger charge is -2.05. The number of hydrogen-bond donors (Lipinski definition) is 1. The molecule has 1 aliphatic rings. The van der Waals surface area contributed by atoms with Gasteiger partial charge in [-0.3, -0.25) is 0 Å². The minimum atomic E-state index is -2.81. The van der Waals surface area contributed by atoms with E-state index in [-0.39, 0.29) is 5.75 Å². The van der Waals surface area contributed by atoms with Crippen LogP contribution >= 0.6 is 0 Å². The van der Waals surface area contributed by atoms with Crippen LogP contribution in [-0.4, -0.2) is 31.1 Å². The van der Waals surface area contributed by atoms with E-state index in [1.807, 2.05) is 6.42 Å². The molecule has 0 bridgehead atoms. The van der Waals surface area contributed by atoms with Crippen LogP contribution in [0, 0.1) is 6.42 Å². The van der Waals surface area contributed by atoms with Crippen LogP contribution in [-0.2, 0) is 9.84 Å². The van der Waals surface area contributed by atoms with Crippen molar-refractivity contribution in [1.82, 2.24) is 0 Å². The second kappa shape index (κ2) is 3.96. The molecule has 0 aromatic heterocycles. The van der Waals surface area contributed by atoms with Crippen molar-refractivity contribution in [2.75, 3.05) is 12.0 Å². The smallest absolute Gasteiger partial charge is 0.147 e. The first-order chi connectivity index (χ1) is 5.91. The third-order valence-corrected chi connectivity index (χ3v) is 3.31. The summed E-state index contributed by atoms with van der Waals surface area (Å²) in [5.41, 5.74) is -0.426. The molecule has 77 valence electrons. The molecular weight excluding hydrogens is 188 g/mol. The van der Waals surface area contributed by atoms with Crippen LogP contribution in [0.3, 0.4) is 0 Å². The van der Waals surface area contributed by atoms with Gasteiger partial charge < -0.3 is 5.11 Å². The van der Waals surface area contributed by atoms with Crippen LogP contribution in [0.4, 0.5) is 0 Å². The Morgan fingerprint density at radius 2 is 2.08 bits per heavy atom. The average Bonchev–Trinajstić information content (AvgIpc) is 2.65. The maximum absolute atomic E-state index is 10.7. The van der Waals surface area contributed by atoms with E-state index in [1.165, 1.54) is 6.26 Å². The highest BCUT2D eigenvalue weighted by molar-refractivity contribution is 7.90. The van der Waals surface area contributed by atoms with Crippen LogP contribution in [0.5, 0.6) is 0 Å². The van der Waals surface area contributed by atoms with Crippen molar-refractivity contribution in [2.24, 2.45) is 0 Å². The first kappa shape index (κ1) is 11.0. The van der Waals surface area contributed by atoms with Crippen LogP contribution in [0.25, 0.3) is 0 Å². The molecule has 13 heavy (non-hydrogen) atoms. The van der Waals surface area contributed by atoms with E-state index in [4.69, 9.17) is 0 Å². The molecule has 0 unspecified atom stereocenters. The Kier molecular flexibility index (Phi) is 3.35. The molecule has 1 aliphatic carbocycles. The van der Waals surface area contributed by atoms with E-state index in [9.17, 15) is 13.5 Å². The zero-order chi connectivity index (χ0) is 9.95. The van der Waals surface area contributed by atoms with E-state index in [1.54, 1.807) is 0 Å². The molecule has 0 heterocycles. The molecule has 3 nitrogen and oxygen atoms in total. The SMILES string of the molecule is CS(=O)(=O)CCC[CH]CC1(O)CC1. The molecule has 1 saturated carbocycles. The Hall–Kier alpha value is -0.0900. The largest absolute Gasteiger partial charge is 0.390 e. The molecule has 4 heteroatoms. The number of unbranched alkanes of at least 4 members (excludes halogenated alkanes) is 2. The quantitative estimate of drug-likeness (QED) is 0.656. The minimum absolute atomic E-state index is 0.252. The topological polar surface area (TPSA) is 54.4 Å². The second-order valence-corrected chi connectivity index (χ2v) is 6.25. The third-order valence-electron chi connectivity index (χ3n) is 2.27. The fourth-order valence-corrected chi connectivity index (χ4v) is 1.90. The molecule has 1 rings (SSSR count). The van der Waals surface area contributed by atoms with Crippen LogP contribution < -0.4 is 0 Å². The summed E-state index contributed by atoms with van der Waals surface area (Å²) in [7, 11) is -2.81. The molecule has 0 aromatic rings. The van der Waals surface area contributed by atoms with Crippen molar-refractivity contribution in [3.8, 4) is 0 Å². The van der Waals surface area contributed by atoms with Crippen LogP contribution in [0.2, 0.25) is 0 Å². The van der Waals surface area contributed by atoms with E-state index < -0.39 is 15.4 Å². The molecule has 1 radical (unpaired) electrons. The van der Waals surface area contributed by atoms with Gasteiger partial charge in [0.1, 0.15) is 9.84 Å². The Labute approximate surface area is 80.1 Å². The van der Waals surface area contributed by atoms with Gasteiger partial charge in [-0.25, -0.2) is 8.42 Å². The van der Waals surface area contributed by atoms with Gasteiger partial charge in [0.15, 0.2) is 0 Å². The summed E-state index contributed by atoms with van der Waals surface area (Å²) in [6.45, 7) is 0. The molecule has 1 N–H and O–H groups in total. The molecule has 0 aromatic carbocycles. The van der Waals surface area contributed by atoms with Crippen molar-refractivity contribution < 1.29 is 13.5 Å². The van der Waals surface area contributed by atoms with Crippen molar-refractivity contribution in [2.45, 2.75) is 37.7 Å². The second-order valence-electron chi connectivity index (χ2n) is 3.99. The molecule has 0 aliphatic heterocycles. The van der Waals surface area contributed by atoms with Crippen molar-refractivity contribution in [3.05, 3.63) is 6.42 Å². The fraction of sp³-hybridized carbons (Fsp3) is 0.889. The van der Waals surface area contributed by atoms with Gasteiger partial charge in [-0.1, -0.05) is 0 Å². The summed E-state index contributed by atoms with van der Waals surface area (Å²) in [4.78, 5) is 0. The molecule has 1 fully saturated rings. The predicted octanol–water partition coefficient (Wildman–Crippen LogP) is 0.930. The Morgan fingerprint density at radius 1 is 1.46 bits per heavy atom. The van der Waals surface area contributed by atoms with Crippen LogP contribution in [0.1, 0.15) is 32.1 Å². The van der Waals surface area contributed by atoms with Gasteiger partial charge in [-0.15, -0.1) is 0 Å². The Morgan fingerprint density at radius 3 is 2.54 bits per heavy atom. The standard InChI is InChI=1S/C9H17O3S/c1-13(11,12)8-4-2-3-5-9(10)6-7-9/h3,10H,2,4-8H2,1H3. The highest BCUT2D eigenvalue weighted by Crippen LogP contribution is 2.39. The summed E-state index contributed by atoms with van der Waals surface area (Å²) in [5, 5.41) is 9.44. The Balaban J connectivity index is 1.96. The van der Waals surface area contributed by atoms with E-state index in [2.05, 4.69) is 0 Å². The zero-order valence-electron chi connectivity index (χ0n) is 7.99. The lowest BCUT2D eigenvalue weighted by Crippen LogP contribution is -2.07. The maximum atomic E-state index is 10.7. The highest BCUT2D eigenvalue weighted by atomic mass is 32.2. The monoisotopic (exact) mass is 205 g/mol. The lowest BCUT2D eigenvalue weighted by atomic mass is 10.1. The highest BCUT2D eigenvalue weighted by Gasteiger charge is 2.39. The minimum Gasteiger partial charge on any atom is -0.390 e. The van der Waals surface area contributed by atoms with Crippen molar-refractivity contribution >= 4 is 9.84 Å². The molecule has 0 spiro atoms. The van der Waals surface area contributed by atoms with E-state index in [0.717, 1.165) is 25.7 Å². The van der Waals surface area contributed by atoms with Crippen molar-refractivity contribution in [1.29, 1.82) is 0 Å².